The second kappa shape index (κ2) is 3.83. The molecule has 1 radical (unpaired) electrons. The van der Waals surface area contributed by atoms with Crippen molar-refractivity contribution < 1.29 is 0 Å². The quantitative estimate of drug-likeness (QED) is 0.720. The van der Waals surface area contributed by atoms with Gasteiger partial charge in [0, 0.05) is 0 Å². The van der Waals surface area contributed by atoms with Gasteiger partial charge in [-0.05, 0) is 63.4 Å². The van der Waals surface area contributed by atoms with E-state index in [0.29, 0.717) is 0 Å². The summed E-state index contributed by atoms with van der Waals surface area (Å²) < 4.78 is 0. The van der Waals surface area contributed by atoms with Crippen molar-refractivity contribution in [3.05, 3.63) is 81.2 Å². The van der Waals surface area contributed by atoms with Crippen LogP contribution in [0.15, 0.2) is 54.1 Å². The molecule has 19 heavy (non-hydrogen) atoms. The van der Waals surface area contributed by atoms with Gasteiger partial charge in [0.1, 0.15) is 0 Å². The van der Waals surface area contributed by atoms with Crippen molar-refractivity contribution in [2.75, 3.05) is 0 Å². The van der Waals surface area contributed by atoms with Gasteiger partial charge < -0.3 is 0 Å². The van der Waals surface area contributed by atoms with Crippen molar-refractivity contribution in [2.45, 2.75) is 6.92 Å². The van der Waals surface area contributed by atoms with E-state index in [2.05, 4.69) is 73.7 Å². The summed E-state index contributed by atoms with van der Waals surface area (Å²) in [5, 5.41) is 2.53. The second-order valence-electron chi connectivity index (χ2n) is 5.04. The number of benzene rings is 2. The average molecular weight is 241 g/mol. The molecule has 2 aromatic rings. The highest BCUT2D eigenvalue weighted by Gasteiger charge is 2.16. The molecule has 0 aliphatic heterocycles. The van der Waals surface area contributed by atoms with E-state index in [4.69, 9.17) is 0 Å². The zero-order valence-electron chi connectivity index (χ0n) is 10.8. The number of allylic oxidation sites excluding steroid dienone is 2. The van der Waals surface area contributed by atoms with Crippen LogP contribution in [0.25, 0.3) is 23.8 Å². The van der Waals surface area contributed by atoms with Crippen molar-refractivity contribution in [1.29, 1.82) is 0 Å². The number of hydrogen-bond acceptors (Lipinski definition) is 0. The SMILES string of the molecule is CC1=C(c2ccccc2)c2cc3c(cc2=[C]1)C=CC=3. The third kappa shape index (κ3) is 1.53. The van der Waals surface area contributed by atoms with Crippen LogP contribution in [0.2, 0.25) is 0 Å². The minimum Gasteiger partial charge on any atom is -0.0622 e. The van der Waals surface area contributed by atoms with E-state index < -0.39 is 0 Å². The normalized spacial score (nSPS) is 15.0. The van der Waals surface area contributed by atoms with Crippen molar-refractivity contribution in [2.24, 2.45) is 0 Å². The third-order valence-corrected chi connectivity index (χ3v) is 3.80. The summed E-state index contributed by atoms with van der Waals surface area (Å²) in [6.07, 6.45) is 9.95. The molecule has 0 spiro atoms. The molecule has 2 aromatic carbocycles. The molecular weight excluding hydrogens is 228 g/mol. The number of fused-ring (bicyclic) bond motifs is 2. The largest absolute Gasteiger partial charge is 0.0622 e. The lowest BCUT2D eigenvalue weighted by Crippen LogP contribution is -2.14. The van der Waals surface area contributed by atoms with Crippen LogP contribution in [0.4, 0.5) is 0 Å². The van der Waals surface area contributed by atoms with Gasteiger partial charge in [0.15, 0.2) is 0 Å². The average Bonchev–Trinajstić information content (AvgIpc) is 2.99. The monoisotopic (exact) mass is 241 g/mol. The molecule has 0 nitrogen and oxygen atoms in total. The van der Waals surface area contributed by atoms with Crippen LogP contribution in [-0.4, -0.2) is 0 Å². The summed E-state index contributed by atoms with van der Waals surface area (Å²) in [5.41, 5.74) is 6.43. The predicted octanol–water partition coefficient (Wildman–Crippen LogP) is 2.99. The van der Waals surface area contributed by atoms with Gasteiger partial charge in [0.05, 0.1) is 0 Å². The molecule has 0 heteroatoms. The standard InChI is InChI=1S/C19H13/c1-13-10-17-11-15-8-5-9-16(15)12-18(17)19(13)14-6-3-2-4-7-14/h2-9,11-12H,1H3. The van der Waals surface area contributed by atoms with Gasteiger partial charge in [0.2, 0.25) is 0 Å². The minimum absolute atomic E-state index is 1.22. The van der Waals surface area contributed by atoms with E-state index in [1.807, 2.05) is 0 Å². The Kier molecular flexibility index (Phi) is 2.13. The van der Waals surface area contributed by atoms with Gasteiger partial charge in [0.25, 0.3) is 0 Å². The van der Waals surface area contributed by atoms with Gasteiger partial charge >= 0.3 is 0 Å². The summed E-state index contributed by atoms with van der Waals surface area (Å²) >= 11 is 0. The molecule has 0 fully saturated rings. The summed E-state index contributed by atoms with van der Waals surface area (Å²) in [7, 11) is 0. The summed E-state index contributed by atoms with van der Waals surface area (Å²) in [6.45, 7) is 2.15. The van der Waals surface area contributed by atoms with Gasteiger partial charge in [-0.2, -0.15) is 0 Å². The number of hydrogen-bond donors (Lipinski definition) is 0. The Hall–Kier alpha value is -2.34. The molecule has 0 saturated carbocycles. The van der Waals surface area contributed by atoms with E-state index in [1.54, 1.807) is 0 Å². The Morgan fingerprint density at radius 3 is 2.68 bits per heavy atom. The van der Waals surface area contributed by atoms with Crippen LogP contribution in [0.5, 0.6) is 0 Å². The molecule has 89 valence electrons. The van der Waals surface area contributed by atoms with E-state index in [0.717, 1.165) is 0 Å². The van der Waals surface area contributed by atoms with Crippen LogP contribution in [0, 0.1) is 0 Å². The van der Waals surface area contributed by atoms with Gasteiger partial charge in [-0.3, -0.25) is 0 Å². The Labute approximate surface area is 112 Å². The summed E-state index contributed by atoms with van der Waals surface area (Å²) in [5.74, 6) is 0. The van der Waals surface area contributed by atoms with E-state index in [9.17, 15) is 0 Å². The molecule has 0 bridgehead atoms. The first-order valence-corrected chi connectivity index (χ1v) is 6.56. The topological polar surface area (TPSA) is 0 Å². The van der Waals surface area contributed by atoms with Crippen LogP contribution >= 0.6 is 0 Å². The fraction of sp³-hybridized carbons (Fsp3) is 0.0526. The summed E-state index contributed by atoms with van der Waals surface area (Å²) in [4.78, 5) is 0. The fourth-order valence-electron chi connectivity index (χ4n) is 2.93. The second-order valence-corrected chi connectivity index (χ2v) is 5.04. The maximum absolute atomic E-state index is 3.51. The molecule has 0 atom stereocenters. The van der Waals surface area contributed by atoms with Crippen molar-refractivity contribution in [3.8, 4) is 0 Å². The zero-order valence-corrected chi connectivity index (χ0v) is 10.8. The van der Waals surface area contributed by atoms with Crippen LogP contribution in [0.1, 0.15) is 23.6 Å². The predicted molar refractivity (Wildman–Crippen MR) is 80.7 cm³/mol. The van der Waals surface area contributed by atoms with E-state index >= 15 is 0 Å². The molecule has 0 amide bonds. The maximum atomic E-state index is 3.51. The first-order valence-electron chi connectivity index (χ1n) is 6.56. The lowest BCUT2D eigenvalue weighted by atomic mass is 9.96. The van der Waals surface area contributed by atoms with Crippen molar-refractivity contribution in [1.82, 2.24) is 0 Å². The van der Waals surface area contributed by atoms with Gasteiger partial charge in [-0.25, -0.2) is 0 Å². The Balaban J connectivity index is 1.99. The molecule has 2 aliphatic carbocycles. The van der Waals surface area contributed by atoms with Crippen LogP contribution in [0.3, 0.4) is 0 Å². The first-order chi connectivity index (χ1) is 9.33. The molecular formula is C19H13. The highest BCUT2D eigenvalue weighted by atomic mass is 14.2. The van der Waals surface area contributed by atoms with Gasteiger partial charge in [-0.1, -0.05) is 48.6 Å². The lowest BCUT2D eigenvalue weighted by Gasteiger charge is -2.07. The van der Waals surface area contributed by atoms with Crippen LogP contribution < -0.4 is 10.4 Å². The highest BCUT2D eigenvalue weighted by molar-refractivity contribution is 5.92. The summed E-state index contributed by atoms with van der Waals surface area (Å²) in [6, 6.07) is 15.1. The molecule has 4 rings (SSSR count). The lowest BCUT2D eigenvalue weighted by molar-refractivity contribution is 1.47. The first kappa shape index (κ1) is 10.6. The van der Waals surface area contributed by atoms with E-state index in [-0.39, 0.29) is 0 Å². The molecule has 0 unspecified atom stereocenters. The Morgan fingerprint density at radius 2 is 1.84 bits per heavy atom. The Morgan fingerprint density at radius 1 is 1.00 bits per heavy atom. The third-order valence-electron chi connectivity index (χ3n) is 3.80. The van der Waals surface area contributed by atoms with Crippen LogP contribution in [-0.2, 0) is 0 Å². The molecule has 2 aliphatic rings. The highest BCUT2D eigenvalue weighted by Crippen LogP contribution is 2.28. The molecule has 0 N–H and O–H groups in total. The molecule has 0 heterocycles. The minimum atomic E-state index is 1.22. The smallest absolute Gasteiger partial charge is 0.00601 e. The molecule has 0 saturated heterocycles. The number of rotatable bonds is 1. The Bertz CT molecular complexity index is 847. The van der Waals surface area contributed by atoms with Crippen molar-refractivity contribution in [3.63, 3.8) is 0 Å². The molecule has 0 aromatic heterocycles. The van der Waals surface area contributed by atoms with Crippen molar-refractivity contribution >= 4 is 23.8 Å². The fourth-order valence-corrected chi connectivity index (χ4v) is 2.93. The zero-order chi connectivity index (χ0) is 12.8. The maximum Gasteiger partial charge on any atom is -0.00601 e. The van der Waals surface area contributed by atoms with Gasteiger partial charge in [-0.15, -0.1) is 0 Å². The van der Waals surface area contributed by atoms with E-state index in [1.165, 1.54) is 38.3 Å².